The molecule has 0 radical (unpaired) electrons. The zero-order valence-corrected chi connectivity index (χ0v) is 9.59. The Morgan fingerprint density at radius 2 is 1.94 bits per heavy atom. The van der Waals surface area contributed by atoms with Crippen LogP contribution in [0.1, 0.15) is 16.9 Å². The van der Waals surface area contributed by atoms with Crippen molar-refractivity contribution < 1.29 is 5.11 Å². The second-order valence-electron chi connectivity index (χ2n) is 3.63. The lowest BCUT2D eigenvalue weighted by Crippen LogP contribution is -1.89. The fourth-order valence-corrected chi connectivity index (χ4v) is 2.38. The van der Waals surface area contributed by atoms with E-state index in [4.69, 9.17) is 0 Å². The van der Waals surface area contributed by atoms with Gasteiger partial charge in [-0.1, -0.05) is 41.7 Å². The van der Waals surface area contributed by atoms with Crippen molar-refractivity contribution in [2.45, 2.75) is 19.3 Å². The third-order valence-corrected chi connectivity index (χ3v) is 3.34. The molecule has 16 heavy (non-hydrogen) atoms. The van der Waals surface area contributed by atoms with Crippen LogP contribution in [0.25, 0.3) is 0 Å². The number of H-pyrrole nitrogens is 1. The Labute approximate surface area is 97.4 Å². The van der Waals surface area contributed by atoms with E-state index in [0.717, 1.165) is 35.5 Å². The van der Waals surface area contributed by atoms with Gasteiger partial charge in [0.15, 0.2) is 0 Å². The van der Waals surface area contributed by atoms with Gasteiger partial charge < -0.3 is 5.11 Å². The number of aromatic nitrogens is 1. The van der Waals surface area contributed by atoms with E-state index in [-0.39, 0.29) is 10.8 Å². The molecule has 1 aromatic heterocycles. The van der Waals surface area contributed by atoms with Gasteiger partial charge in [-0.25, -0.2) is 0 Å². The molecule has 1 aromatic carbocycles. The summed E-state index contributed by atoms with van der Waals surface area (Å²) >= 11 is 1.09. The Balaban J connectivity index is 1.89. The minimum Gasteiger partial charge on any atom is -0.494 e. The summed E-state index contributed by atoms with van der Waals surface area (Å²) in [5.74, 6) is 0.0306. The van der Waals surface area contributed by atoms with Crippen LogP contribution >= 0.6 is 11.3 Å². The van der Waals surface area contributed by atoms with Gasteiger partial charge in [0.25, 0.3) is 0 Å². The first-order valence-electron chi connectivity index (χ1n) is 5.20. The maximum Gasteiger partial charge on any atom is 0.307 e. The summed E-state index contributed by atoms with van der Waals surface area (Å²) in [4.78, 5) is 13.9. The van der Waals surface area contributed by atoms with Crippen molar-refractivity contribution in [3.05, 3.63) is 50.4 Å². The lowest BCUT2D eigenvalue weighted by Gasteiger charge is -1.99. The first kappa shape index (κ1) is 11.0. The first-order chi connectivity index (χ1) is 7.75. The monoisotopic (exact) mass is 235 g/mol. The molecule has 0 unspecified atom stereocenters. The summed E-state index contributed by atoms with van der Waals surface area (Å²) in [6.45, 7) is 0. The summed E-state index contributed by atoms with van der Waals surface area (Å²) < 4.78 is 0. The lowest BCUT2D eigenvalue weighted by molar-refractivity contribution is 0.449. The lowest BCUT2D eigenvalue weighted by atomic mass is 10.1. The number of aromatic hydroxyl groups is 1. The van der Waals surface area contributed by atoms with E-state index in [1.165, 1.54) is 5.56 Å². The van der Waals surface area contributed by atoms with Crippen molar-refractivity contribution in [2.75, 3.05) is 0 Å². The number of benzene rings is 1. The summed E-state index contributed by atoms with van der Waals surface area (Å²) in [6.07, 6.45) is 2.64. The number of hydrogen-bond donors (Lipinski definition) is 2. The number of nitrogens with one attached hydrogen (secondary N) is 1. The molecule has 0 aliphatic heterocycles. The van der Waals surface area contributed by atoms with Crippen LogP contribution in [-0.2, 0) is 12.8 Å². The topological polar surface area (TPSA) is 53.1 Å². The van der Waals surface area contributed by atoms with Crippen LogP contribution < -0.4 is 4.87 Å². The maximum absolute atomic E-state index is 10.9. The molecule has 3 nitrogen and oxygen atoms in total. The molecule has 0 amide bonds. The highest BCUT2D eigenvalue weighted by Crippen LogP contribution is 2.18. The Bertz CT molecular complexity index is 501. The predicted octanol–water partition coefficient (Wildman–Crippen LogP) is 2.32. The third-order valence-electron chi connectivity index (χ3n) is 2.41. The van der Waals surface area contributed by atoms with Gasteiger partial charge in [0.05, 0.1) is 4.88 Å². The smallest absolute Gasteiger partial charge is 0.307 e. The highest BCUT2D eigenvalue weighted by molar-refractivity contribution is 7.09. The summed E-state index contributed by atoms with van der Waals surface area (Å²) in [5.41, 5.74) is 1.28. The Morgan fingerprint density at radius 1 is 1.19 bits per heavy atom. The molecule has 0 spiro atoms. The van der Waals surface area contributed by atoms with Crippen molar-refractivity contribution in [3.63, 3.8) is 0 Å². The minimum atomic E-state index is -0.188. The summed E-state index contributed by atoms with van der Waals surface area (Å²) in [6, 6.07) is 10.2. The number of thiazole rings is 1. The van der Waals surface area contributed by atoms with Gasteiger partial charge in [0, 0.05) is 0 Å². The molecule has 1 heterocycles. The van der Waals surface area contributed by atoms with Crippen LogP contribution in [0.4, 0.5) is 0 Å². The Kier molecular flexibility index (Phi) is 3.41. The second kappa shape index (κ2) is 4.99. The van der Waals surface area contributed by atoms with Gasteiger partial charge in [-0.15, -0.1) is 0 Å². The third kappa shape index (κ3) is 2.73. The molecule has 2 aromatic rings. The normalized spacial score (nSPS) is 10.5. The van der Waals surface area contributed by atoms with Crippen molar-refractivity contribution >= 4 is 11.3 Å². The molecular formula is C12H13NO2S. The minimum absolute atomic E-state index is 0.0306. The maximum atomic E-state index is 10.9. The van der Waals surface area contributed by atoms with Gasteiger partial charge in [-0.05, 0) is 24.8 Å². The molecule has 0 bridgehead atoms. The number of rotatable bonds is 4. The molecule has 4 heteroatoms. The highest BCUT2D eigenvalue weighted by Gasteiger charge is 2.05. The molecule has 0 saturated carbocycles. The number of aromatic amines is 1. The van der Waals surface area contributed by atoms with E-state index in [2.05, 4.69) is 17.1 Å². The van der Waals surface area contributed by atoms with E-state index in [9.17, 15) is 9.90 Å². The highest BCUT2D eigenvalue weighted by atomic mass is 32.1. The van der Waals surface area contributed by atoms with E-state index >= 15 is 0 Å². The van der Waals surface area contributed by atoms with E-state index in [0.29, 0.717) is 0 Å². The molecular weight excluding hydrogens is 222 g/mol. The van der Waals surface area contributed by atoms with Gasteiger partial charge in [-0.3, -0.25) is 9.78 Å². The molecule has 0 atom stereocenters. The van der Waals surface area contributed by atoms with Crippen molar-refractivity contribution in [2.24, 2.45) is 0 Å². The van der Waals surface area contributed by atoms with Gasteiger partial charge in [0.1, 0.15) is 0 Å². The molecule has 0 fully saturated rings. The van der Waals surface area contributed by atoms with Gasteiger partial charge in [-0.2, -0.15) is 0 Å². The largest absolute Gasteiger partial charge is 0.494 e. The van der Waals surface area contributed by atoms with Crippen molar-refractivity contribution in [1.82, 2.24) is 4.98 Å². The average Bonchev–Trinajstić information content (AvgIpc) is 2.59. The summed E-state index contributed by atoms with van der Waals surface area (Å²) in [5, 5.41) is 9.38. The quantitative estimate of drug-likeness (QED) is 0.854. The van der Waals surface area contributed by atoms with Crippen LogP contribution in [0.15, 0.2) is 35.1 Å². The number of hydrogen-bond acceptors (Lipinski definition) is 3. The Hall–Kier alpha value is -1.55. The fourth-order valence-electron chi connectivity index (χ4n) is 1.62. The molecule has 2 N–H and O–H groups in total. The molecule has 0 aliphatic rings. The van der Waals surface area contributed by atoms with Gasteiger partial charge in [0.2, 0.25) is 5.88 Å². The van der Waals surface area contributed by atoms with Crippen LogP contribution in [0.2, 0.25) is 0 Å². The van der Waals surface area contributed by atoms with E-state index in [1.807, 2.05) is 18.2 Å². The molecule has 84 valence electrons. The van der Waals surface area contributed by atoms with Crippen LogP contribution in [0.5, 0.6) is 5.88 Å². The van der Waals surface area contributed by atoms with Gasteiger partial charge >= 0.3 is 4.87 Å². The Morgan fingerprint density at radius 3 is 2.56 bits per heavy atom. The first-order valence-corrected chi connectivity index (χ1v) is 6.02. The zero-order chi connectivity index (χ0) is 11.4. The van der Waals surface area contributed by atoms with Crippen molar-refractivity contribution in [1.29, 1.82) is 0 Å². The fraction of sp³-hybridized carbons (Fsp3) is 0.250. The molecule has 2 rings (SSSR count). The standard InChI is InChI=1S/C12H13NO2S/c14-11-10(16-12(15)13-11)8-4-7-9-5-2-1-3-6-9/h1-3,5-6,14H,4,7-8H2,(H,13,15). The second-order valence-corrected chi connectivity index (χ2v) is 4.69. The molecule has 0 aliphatic carbocycles. The summed E-state index contributed by atoms with van der Waals surface area (Å²) in [7, 11) is 0. The van der Waals surface area contributed by atoms with Crippen LogP contribution in [-0.4, -0.2) is 10.1 Å². The van der Waals surface area contributed by atoms with E-state index < -0.39 is 0 Å². The average molecular weight is 235 g/mol. The van der Waals surface area contributed by atoms with Crippen molar-refractivity contribution in [3.8, 4) is 5.88 Å². The zero-order valence-electron chi connectivity index (χ0n) is 8.77. The van der Waals surface area contributed by atoms with Crippen LogP contribution in [0.3, 0.4) is 0 Å². The van der Waals surface area contributed by atoms with Crippen LogP contribution in [0, 0.1) is 0 Å². The van der Waals surface area contributed by atoms with E-state index in [1.54, 1.807) is 0 Å². The predicted molar refractivity (Wildman–Crippen MR) is 65.1 cm³/mol. The number of aryl methyl sites for hydroxylation is 2. The SMILES string of the molecule is O=c1[nH]c(O)c(CCCc2ccccc2)s1. The molecule has 0 saturated heterocycles.